The van der Waals surface area contributed by atoms with E-state index in [0.717, 1.165) is 30.9 Å². The van der Waals surface area contributed by atoms with Gasteiger partial charge < -0.3 is 18.8 Å². The standard InChI is InChI=1S/C19H23ClN2O4/c1-24-13-16-4-6-18(26-16)19(23)22-9-7-21(8-10-22)12-14-11-15(20)3-5-17(14)25-2/h3-6,11H,7-10,12-13H2,1-2H3. The zero-order valence-electron chi connectivity index (χ0n) is 15.0. The van der Waals surface area contributed by atoms with Gasteiger partial charge in [0.1, 0.15) is 18.1 Å². The molecule has 2 aromatic rings. The summed E-state index contributed by atoms with van der Waals surface area (Å²) in [6, 6.07) is 9.12. The zero-order chi connectivity index (χ0) is 18.5. The fraction of sp³-hybridized carbons (Fsp3) is 0.421. The van der Waals surface area contributed by atoms with E-state index >= 15 is 0 Å². The van der Waals surface area contributed by atoms with Gasteiger partial charge in [-0.3, -0.25) is 9.69 Å². The second-order valence-corrected chi connectivity index (χ2v) is 6.66. The van der Waals surface area contributed by atoms with Crippen LogP contribution < -0.4 is 4.74 Å². The Balaban J connectivity index is 1.57. The monoisotopic (exact) mass is 378 g/mol. The molecule has 0 radical (unpaired) electrons. The molecule has 1 aromatic carbocycles. The molecule has 0 bridgehead atoms. The Morgan fingerprint density at radius 3 is 2.62 bits per heavy atom. The number of furan rings is 1. The van der Waals surface area contributed by atoms with Crippen molar-refractivity contribution in [2.45, 2.75) is 13.2 Å². The van der Waals surface area contributed by atoms with Gasteiger partial charge in [-0.15, -0.1) is 0 Å². The normalized spacial score (nSPS) is 15.3. The number of ether oxygens (including phenoxy) is 2. The lowest BCUT2D eigenvalue weighted by atomic mass is 10.1. The van der Waals surface area contributed by atoms with Gasteiger partial charge in [-0.25, -0.2) is 0 Å². The van der Waals surface area contributed by atoms with Crippen LogP contribution in [0.5, 0.6) is 5.75 Å². The predicted octanol–water partition coefficient (Wildman–Crippen LogP) is 3.05. The van der Waals surface area contributed by atoms with E-state index in [-0.39, 0.29) is 5.91 Å². The first-order valence-corrected chi connectivity index (χ1v) is 8.90. The Bertz CT molecular complexity index is 754. The van der Waals surface area contributed by atoms with Crippen LogP contribution in [0.1, 0.15) is 21.9 Å². The number of methoxy groups -OCH3 is 2. The van der Waals surface area contributed by atoms with Crippen LogP contribution in [0.3, 0.4) is 0 Å². The van der Waals surface area contributed by atoms with Crippen molar-refractivity contribution in [2.75, 3.05) is 40.4 Å². The maximum atomic E-state index is 12.6. The van der Waals surface area contributed by atoms with Gasteiger partial charge in [-0.1, -0.05) is 11.6 Å². The first-order chi connectivity index (χ1) is 12.6. The smallest absolute Gasteiger partial charge is 0.289 e. The van der Waals surface area contributed by atoms with Gasteiger partial charge in [-0.05, 0) is 30.3 Å². The summed E-state index contributed by atoms with van der Waals surface area (Å²) in [7, 11) is 3.25. The fourth-order valence-electron chi connectivity index (χ4n) is 3.09. The molecule has 1 aliphatic heterocycles. The molecule has 140 valence electrons. The summed E-state index contributed by atoms with van der Waals surface area (Å²) in [6.45, 7) is 3.98. The van der Waals surface area contributed by atoms with E-state index in [4.69, 9.17) is 25.5 Å². The van der Waals surface area contributed by atoms with Crippen molar-refractivity contribution in [3.63, 3.8) is 0 Å². The highest BCUT2D eigenvalue weighted by Crippen LogP contribution is 2.24. The van der Waals surface area contributed by atoms with Crippen molar-refractivity contribution in [3.05, 3.63) is 52.4 Å². The molecule has 0 atom stereocenters. The molecule has 7 heteroatoms. The van der Waals surface area contributed by atoms with Crippen molar-refractivity contribution in [2.24, 2.45) is 0 Å². The number of piperazine rings is 1. The molecule has 3 rings (SSSR count). The van der Waals surface area contributed by atoms with E-state index in [0.29, 0.717) is 36.2 Å². The van der Waals surface area contributed by atoms with E-state index < -0.39 is 0 Å². The summed E-state index contributed by atoms with van der Waals surface area (Å²) in [4.78, 5) is 16.7. The van der Waals surface area contributed by atoms with E-state index in [1.165, 1.54) is 0 Å². The van der Waals surface area contributed by atoms with E-state index in [1.807, 2.05) is 23.1 Å². The van der Waals surface area contributed by atoms with Gasteiger partial charge in [0.05, 0.1) is 7.11 Å². The van der Waals surface area contributed by atoms with Crippen LogP contribution in [0.25, 0.3) is 0 Å². The quantitative estimate of drug-likeness (QED) is 0.773. The molecule has 0 saturated carbocycles. The summed E-state index contributed by atoms with van der Waals surface area (Å²) in [5, 5.41) is 0.694. The van der Waals surface area contributed by atoms with Gasteiger partial charge in [0.15, 0.2) is 5.76 Å². The van der Waals surface area contributed by atoms with Crippen LogP contribution >= 0.6 is 11.6 Å². The number of carbonyl (C=O) groups excluding carboxylic acids is 1. The summed E-state index contributed by atoms with van der Waals surface area (Å²) >= 11 is 6.10. The third-order valence-electron chi connectivity index (χ3n) is 4.45. The molecule has 6 nitrogen and oxygen atoms in total. The lowest BCUT2D eigenvalue weighted by Crippen LogP contribution is -2.48. The van der Waals surface area contributed by atoms with Crippen molar-refractivity contribution in [3.8, 4) is 5.75 Å². The molecule has 1 aromatic heterocycles. The van der Waals surface area contributed by atoms with Crippen LogP contribution in [-0.4, -0.2) is 56.1 Å². The molecule has 2 heterocycles. The van der Waals surface area contributed by atoms with Crippen LogP contribution in [-0.2, 0) is 17.9 Å². The summed E-state index contributed by atoms with van der Waals surface area (Å²) < 4.78 is 16.0. The van der Waals surface area contributed by atoms with Gasteiger partial charge in [0.25, 0.3) is 5.91 Å². The Hall–Kier alpha value is -2.02. The molecule has 0 aliphatic carbocycles. The number of hydrogen-bond acceptors (Lipinski definition) is 5. The minimum absolute atomic E-state index is 0.0765. The topological polar surface area (TPSA) is 55.2 Å². The highest BCUT2D eigenvalue weighted by Gasteiger charge is 2.24. The second-order valence-electron chi connectivity index (χ2n) is 6.22. The fourth-order valence-corrected chi connectivity index (χ4v) is 3.28. The Kier molecular flexibility index (Phi) is 6.19. The Morgan fingerprint density at radius 1 is 1.15 bits per heavy atom. The summed E-state index contributed by atoms with van der Waals surface area (Å²) in [6.07, 6.45) is 0. The van der Waals surface area contributed by atoms with Crippen molar-refractivity contribution in [1.82, 2.24) is 9.80 Å². The first kappa shape index (κ1) is 18.8. The van der Waals surface area contributed by atoms with E-state index in [1.54, 1.807) is 26.4 Å². The third kappa shape index (κ3) is 4.38. The number of nitrogens with zero attached hydrogens (tertiary/aromatic N) is 2. The predicted molar refractivity (Wildman–Crippen MR) is 98.6 cm³/mol. The molecule has 0 spiro atoms. The number of halogens is 1. The third-order valence-corrected chi connectivity index (χ3v) is 4.69. The molecule has 0 unspecified atom stereocenters. The molecule has 1 saturated heterocycles. The molecular weight excluding hydrogens is 356 g/mol. The molecule has 0 N–H and O–H groups in total. The molecular formula is C19H23ClN2O4. The van der Waals surface area contributed by atoms with Crippen LogP contribution in [0, 0.1) is 0 Å². The average Bonchev–Trinajstić information content (AvgIpc) is 3.11. The van der Waals surface area contributed by atoms with Gasteiger partial charge in [-0.2, -0.15) is 0 Å². The summed E-state index contributed by atoms with van der Waals surface area (Å²) in [5.74, 6) is 1.77. The van der Waals surface area contributed by atoms with Crippen molar-refractivity contribution < 1.29 is 18.7 Å². The van der Waals surface area contributed by atoms with Gasteiger partial charge in [0.2, 0.25) is 0 Å². The number of amides is 1. The highest BCUT2D eigenvalue weighted by molar-refractivity contribution is 6.30. The Morgan fingerprint density at radius 2 is 1.92 bits per heavy atom. The number of carbonyl (C=O) groups is 1. The Labute approximate surface area is 158 Å². The minimum Gasteiger partial charge on any atom is -0.496 e. The van der Waals surface area contributed by atoms with Crippen LogP contribution in [0.4, 0.5) is 0 Å². The largest absolute Gasteiger partial charge is 0.496 e. The summed E-state index contributed by atoms with van der Waals surface area (Å²) in [5.41, 5.74) is 1.05. The second kappa shape index (κ2) is 8.58. The SMILES string of the molecule is COCc1ccc(C(=O)N2CCN(Cc3cc(Cl)ccc3OC)CC2)o1. The molecule has 1 fully saturated rings. The maximum absolute atomic E-state index is 12.6. The lowest BCUT2D eigenvalue weighted by molar-refractivity contribution is 0.0590. The lowest BCUT2D eigenvalue weighted by Gasteiger charge is -2.34. The number of rotatable bonds is 6. The minimum atomic E-state index is -0.0765. The van der Waals surface area contributed by atoms with Crippen molar-refractivity contribution >= 4 is 17.5 Å². The van der Waals surface area contributed by atoms with Gasteiger partial charge in [0, 0.05) is 50.4 Å². The van der Waals surface area contributed by atoms with Gasteiger partial charge >= 0.3 is 0 Å². The maximum Gasteiger partial charge on any atom is 0.289 e. The van der Waals surface area contributed by atoms with E-state index in [9.17, 15) is 4.79 Å². The van der Waals surface area contributed by atoms with Crippen LogP contribution in [0.15, 0.2) is 34.7 Å². The first-order valence-electron chi connectivity index (χ1n) is 8.52. The highest BCUT2D eigenvalue weighted by atomic mass is 35.5. The number of benzene rings is 1. The zero-order valence-corrected chi connectivity index (χ0v) is 15.8. The molecule has 26 heavy (non-hydrogen) atoms. The molecule has 1 aliphatic rings. The van der Waals surface area contributed by atoms with Crippen molar-refractivity contribution in [1.29, 1.82) is 0 Å². The average molecular weight is 379 g/mol. The van der Waals surface area contributed by atoms with E-state index in [2.05, 4.69) is 4.90 Å². The van der Waals surface area contributed by atoms with Crippen LogP contribution in [0.2, 0.25) is 5.02 Å². The molecule has 1 amide bonds. The number of hydrogen-bond donors (Lipinski definition) is 0.